The first-order valence-corrected chi connectivity index (χ1v) is 11.8. The first-order valence-electron chi connectivity index (χ1n) is 9.95. The number of hydroxylamine groups is 1. The third-order valence-electron chi connectivity index (χ3n) is 5.77. The molecule has 0 saturated carbocycles. The number of nitrogens with zero attached hydrogens (tertiary/aromatic N) is 1. The minimum atomic E-state index is -3.82. The van der Waals surface area contributed by atoms with Crippen molar-refractivity contribution in [2.45, 2.75) is 36.7 Å². The SMILES string of the molecule is CC(C[C@H]1CC(c2ccc(-c3ccc(C(O)CO)cc3)cc2)=NO1)(C(=O)NO)S(C)(=O)=O. The van der Waals surface area contributed by atoms with Gasteiger partial charge in [0.2, 0.25) is 0 Å². The summed E-state index contributed by atoms with van der Waals surface area (Å²) < 4.78 is 22.4. The van der Waals surface area contributed by atoms with Crippen LogP contribution in [0.4, 0.5) is 0 Å². The van der Waals surface area contributed by atoms with Gasteiger partial charge in [-0.2, -0.15) is 0 Å². The van der Waals surface area contributed by atoms with Crippen molar-refractivity contribution in [1.82, 2.24) is 5.48 Å². The van der Waals surface area contributed by atoms with Crippen LogP contribution in [0.15, 0.2) is 53.7 Å². The average molecular weight is 463 g/mol. The first-order chi connectivity index (χ1) is 15.1. The molecule has 0 saturated heterocycles. The molecule has 0 bridgehead atoms. The number of nitrogens with one attached hydrogen (secondary N) is 1. The normalized spacial score (nSPS) is 18.9. The Balaban J connectivity index is 1.70. The number of aliphatic hydroxyl groups is 2. The molecule has 10 heteroatoms. The number of sulfone groups is 1. The van der Waals surface area contributed by atoms with Gasteiger partial charge in [-0.05, 0) is 29.2 Å². The van der Waals surface area contributed by atoms with Crippen molar-refractivity contribution in [3.8, 4) is 11.1 Å². The molecule has 2 unspecified atom stereocenters. The molecule has 0 fully saturated rings. The number of oxime groups is 1. The Hall–Kier alpha value is -2.79. The minimum Gasteiger partial charge on any atom is -0.393 e. The number of hydrogen-bond acceptors (Lipinski definition) is 8. The second-order valence-electron chi connectivity index (χ2n) is 8.02. The van der Waals surface area contributed by atoms with Crippen LogP contribution in [0.25, 0.3) is 11.1 Å². The fourth-order valence-electron chi connectivity index (χ4n) is 3.53. The maximum absolute atomic E-state index is 12.1. The van der Waals surface area contributed by atoms with Gasteiger partial charge in [0.15, 0.2) is 14.6 Å². The standard InChI is InChI=1S/C22H26N2O7S/c1-22(21(27)23-28,32(2,29)30)12-18-11-19(24-31-18)16-7-3-14(4-8-16)15-5-9-17(10-6-15)20(26)13-25/h3-10,18,20,25-26,28H,11-13H2,1-2H3,(H,23,27)/t18-,20?,22?/m1/s1. The number of amides is 1. The number of rotatable bonds is 8. The number of hydrogen-bond donors (Lipinski definition) is 4. The minimum absolute atomic E-state index is 0.157. The first kappa shape index (κ1) is 23.9. The fourth-order valence-corrected chi connectivity index (χ4v) is 4.40. The summed E-state index contributed by atoms with van der Waals surface area (Å²) in [4.78, 5) is 17.4. The van der Waals surface area contributed by atoms with Crippen LogP contribution in [0, 0.1) is 0 Å². The molecular formula is C22H26N2O7S. The summed E-state index contributed by atoms with van der Waals surface area (Å²) >= 11 is 0. The molecule has 1 aliphatic rings. The molecule has 3 atom stereocenters. The molecule has 1 aliphatic heterocycles. The van der Waals surface area contributed by atoms with Gasteiger partial charge < -0.3 is 15.1 Å². The van der Waals surface area contributed by atoms with E-state index in [2.05, 4.69) is 5.16 Å². The van der Waals surface area contributed by atoms with E-state index >= 15 is 0 Å². The van der Waals surface area contributed by atoms with E-state index in [1.807, 2.05) is 36.4 Å². The lowest BCUT2D eigenvalue weighted by atomic mass is 9.95. The molecule has 172 valence electrons. The molecule has 3 rings (SSSR count). The molecule has 1 amide bonds. The second-order valence-corrected chi connectivity index (χ2v) is 10.5. The number of aliphatic hydroxyl groups excluding tert-OH is 2. The Labute approximate surface area is 186 Å². The van der Waals surface area contributed by atoms with E-state index in [1.54, 1.807) is 12.1 Å². The van der Waals surface area contributed by atoms with E-state index in [0.717, 1.165) is 22.9 Å². The zero-order chi connectivity index (χ0) is 23.5. The van der Waals surface area contributed by atoms with E-state index in [0.29, 0.717) is 17.7 Å². The molecule has 2 aromatic carbocycles. The molecule has 2 aromatic rings. The largest absolute Gasteiger partial charge is 0.393 e. The summed E-state index contributed by atoms with van der Waals surface area (Å²) in [6, 6.07) is 14.8. The molecule has 0 radical (unpaired) electrons. The summed E-state index contributed by atoms with van der Waals surface area (Å²) in [6.45, 7) is 0.905. The van der Waals surface area contributed by atoms with Crippen molar-refractivity contribution in [2.24, 2.45) is 5.16 Å². The van der Waals surface area contributed by atoms with Gasteiger partial charge in [-0.15, -0.1) is 0 Å². The Morgan fingerprint density at radius 2 is 1.69 bits per heavy atom. The van der Waals surface area contributed by atoms with Crippen molar-refractivity contribution < 1.29 is 33.5 Å². The van der Waals surface area contributed by atoms with Crippen LogP contribution in [0.1, 0.15) is 37.0 Å². The molecule has 0 aromatic heterocycles. The quantitative estimate of drug-likeness (QED) is 0.344. The van der Waals surface area contributed by atoms with Crippen molar-refractivity contribution in [2.75, 3.05) is 12.9 Å². The Kier molecular flexibility index (Phi) is 6.99. The zero-order valence-electron chi connectivity index (χ0n) is 17.7. The van der Waals surface area contributed by atoms with Crippen molar-refractivity contribution in [1.29, 1.82) is 0 Å². The van der Waals surface area contributed by atoms with Crippen LogP contribution in [-0.2, 0) is 19.5 Å². The van der Waals surface area contributed by atoms with Gasteiger partial charge in [-0.1, -0.05) is 53.7 Å². The maximum atomic E-state index is 12.1. The van der Waals surface area contributed by atoms with E-state index in [-0.39, 0.29) is 13.0 Å². The van der Waals surface area contributed by atoms with Gasteiger partial charge in [-0.3, -0.25) is 10.0 Å². The highest BCUT2D eigenvalue weighted by atomic mass is 32.2. The Morgan fingerprint density at radius 3 is 2.19 bits per heavy atom. The highest BCUT2D eigenvalue weighted by Crippen LogP contribution is 2.30. The van der Waals surface area contributed by atoms with Gasteiger partial charge in [-0.25, -0.2) is 13.9 Å². The van der Waals surface area contributed by atoms with Gasteiger partial charge in [0.25, 0.3) is 5.91 Å². The van der Waals surface area contributed by atoms with Gasteiger partial charge >= 0.3 is 0 Å². The van der Waals surface area contributed by atoms with E-state index in [1.165, 1.54) is 12.4 Å². The second kappa shape index (κ2) is 9.37. The average Bonchev–Trinajstić information content (AvgIpc) is 3.25. The third kappa shape index (κ3) is 4.83. The molecule has 0 spiro atoms. The number of benzene rings is 2. The van der Waals surface area contributed by atoms with Crippen LogP contribution >= 0.6 is 0 Å². The van der Waals surface area contributed by atoms with E-state index in [9.17, 15) is 18.3 Å². The molecule has 9 nitrogen and oxygen atoms in total. The van der Waals surface area contributed by atoms with E-state index in [4.69, 9.17) is 15.2 Å². The van der Waals surface area contributed by atoms with Crippen molar-refractivity contribution in [3.63, 3.8) is 0 Å². The topological polar surface area (TPSA) is 146 Å². The lowest BCUT2D eigenvalue weighted by Crippen LogP contribution is -2.51. The molecule has 32 heavy (non-hydrogen) atoms. The van der Waals surface area contributed by atoms with Crippen molar-refractivity contribution in [3.05, 3.63) is 59.7 Å². The predicted molar refractivity (Wildman–Crippen MR) is 118 cm³/mol. The summed E-state index contributed by atoms with van der Waals surface area (Å²) in [6.07, 6.45) is -0.444. The Morgan fingerprint density at radius 1 is 1.16 bits per heavy atom. The maximum Gasteiger partial charge on any atom is 0.264 e. The summed E-state index contributed by atoms with van der Waals surface area (Å²) in [5.74, 6) is -1.01. The van der Waals surface area contributed by atoms with Crippen LogP contribution in [0.5, 0.6) is 0 Å². The van der Waals surface area contributed by atoms with Gasteiger partial charge in [0.05, 0.1) is 12.3 Å². The number of carbonyl (C=O) groups is 1. The fraction of sp³-hybridized carbons (Fsp3) is 0.364. The summed E-state index contributed by atoms with van der Waals surface area (Å²) in [7, 11) is -3.82. The molecular weight excluding hydrogens is 436 g/mol. The van der Waals surface area contributed by atoms with Crippen LogP contribution < -0.4 is 5.48 Å². The predicted octanol–water partition coefficient (Wildman–Crippen LogP) is 1.57. The van der Waals surface area contributed by atoms with Crippen LogP contribution in [0.3, 0.4) is 0 Å². The zero-order valence-corrected chi connectivity index (χ0v) is 18.5. The monoisotopic (exact) mass is 462 g/mol. The lowest BCUT2D eigenvalue weighted by molar-refractivity contribution is -0.132. The molecule has 0 aliphatic carbocycles. The lowest BCUT2D eigenvalue weighted by Gasteiger charge is -2.26. The molecule has 4 N–H and O–H groups in total. The van der Waals surface area contributed by atoms with E-state index < -0.39 is 32.7 Å². The molecule has 1 heterocycles. The third-order valence-corrected chi connectivity index (χ3v) is 7.76. The highest BCUT2D eigenvalue weighted by Gasteiger charge is 2.47. The highest BCUT2D eigenvalue weighted by molar-refractivity contribution is 7.92. The van der Waals surface area contributed by atoms with Crippen LogP contribution in [0.2, 0.25) is 0 Å². The van der Waals surface area contributed by atoms with Gasteiger partial charge in [0, 0.05) is 19.1 Å². The number of carbonyl (C=O) groups excluding carboxylic acids is 1. The Bertz CT molecular complexity index is 1100. The summed E-state index contributed by atoms with van der Waals surface area (Å²) in [5.41, 5.74) is 5.37. The smallest absolute Gasteiger partial charge is 0.264 e. The summed E-state index contributed by atoms with van der Waals surface area (Å²) in [5, 5.41) is 31.7. The van der Waals surface area contributed by atoms with Crippen LogP contribution in [-0.4, -0.2) is 59.2 Å². The van der Waals surface area contributed by atoms with Crippen molar-refractivity contribution >= 4 is 21.5 Å². The van der Waals surface area contributed by atoms with Gasteiger partial charge in [0.1, 0.15) is 12.2 Å².